The average Bonchev–Trinajstić information content (AvgIpc) is 3.36. The summed E-state index contributed by atoms with van der Waals surface area (Å²) >= 11 is 0. The number of rotatable bonds is 13. The molecule has 0 radical (unpaired) electrons. The van der Waals surface area contributed by atoms with Crippen LogP contribution in [0.4, 0.5) is 0 Å². The molecule has 3 aromatic rings. The van der Waals surface area contributed by atoms with E-state index in [2.05, 4.69) is 25.9 Å². The predicted molar refractivity (Wildman–Crippen MR) is 160 cm³/mol. The minimum Gasteiger partial charge on any atom is -0.497 e. The lowest BCUT2D eigenvalue weighted by molar-refractivity contribution is -0.133. The highest BCUT2D eigenvalue weighted by atomic mass is 16.6. The fraction of sp³-hybridized carbons (Fsp3) is 0.469. The molecule has 2 aromatic carbocycles. The third-order valence-electron chi connectivity index (χ3n) is 8.43. The Morgan fingerprint density at radius 3 is 2.40 bits per heavy atom. The highest BCUT2D eigenvalue weighted by Crippen LogP contribution is 2.33. The van der Waals surface area contributed by atoms with Gasteiger partial charge in [-0.15, -0.1) is 0 Å². The third-order valence-corrected chi connectivity index (χ3v) is 8.43. The fourth-order valence-electron chi connectivity index (χ4n) is 5.62. The number of ketones is 1. The number of benzene rings is 2. The smallest absolute Gasteiger partial charge is 0.251 e. The van der Waals surface area contributed by atoms with Gasteiger partial charge in [-0.3, -0.25) is 19.2 Å². The number of fused-ring (bicyclic) bond motifs is 1. The van der Waals surface area contributed by atoms with Gasteiger partial charge in [-0.25, -0.2) is 4.98 Å². The molecule has 2 aliphatic rings. The summed E-state index contributed by atoms with van der Waals surface area (Å²) in [6.45, 7) is 3.63. The standard InChI is InChI=1S/C32H39N5O6/c1-19(35-30(40)22-10-13-24-25(16-22)34-18-33-24)29(39)37-27(15-21-8-11-23(42-3)12-9-21)31(41)36-26(14-20-6-4-5-7-20)28(38)32(2)17-43-32/h8-13,16,18-20,26-27H,4-7,14-15,17H2,1-3H3,(H,33,34)(H,35,40)(H,36,41)(H,37,39). The molecule has 5 rings (SSSR count). The lowest BCUT2D eigenvalue weighted by Crippen LogP contribution is -2.57. The highest BCUT2D eigenvalue weighted by molar-refractivity contribution is 6.01. The summed E-state index contributed by atoms with van der Waals surface area (Å²) in [5.41, 5.74) is 1.69. The van der Waals surface area contributed by atoms with Crippen molar-refractivity contribution in [3.05, 3.63) is 59.9 Å². The summed E-state index contributed by atoms with van der Waals surface area (Å²) in [5, 5.41) is 8.47. The van der Waals surface area contributed by atoms with E-state index in [1.807, 2.05) is 12.1 Å². The summed E-state index contributed by atoms with van der Waals surface area (Å²) in [5.74, 6) is -0.563. The first-order valence-electron chi connectivity index (χ1n) is 14.8. The van der Waals surface area contributed by atoms with Crippen LogP contribution >= 0.6 is 0 Å². The molecule has 43 heavy (non-hydrogen) atoms. The van der Waals surface area contributed by atoms with Gasteiger partial charge in [-0.05, 0) is 62.1 Å². The van der Waals surface area contributed by atoms with Gasteiger partial charge in [0, 0.05) is 12.0 Å². The Morgan fingerprint density at radius 2 is 1.72 bits per heavy atom. The van der Waals surface area contributed by atoms with Crippen LogP contribution in [0.25, 0.3) is 11.0 Å². The molecular weight excluding hydrogens is 550 g/mol. The minimum atomic E-state index is -0.993. The van der Waals surface area contributed by atoms with E-state index in [9.17, 15) is 19.2 Å². The maximum Gasteiger partial charge on any atom is 0.251 e. The van der Waals surface area contributed by atoms with Crippen LogP contribution in [0.1, 0.15) is 61.9 Å². The fourth-order valence-corrected chi connectivity index (χ4v) is 5.62. The van der Waals surface area contributed by atoms with Gasteiger partial charge in [0.15, 0.2) is 5.78 Å². The molecule has 4 N–H and O–H groups in total. The Bertz CT molecular complexity index is 1470. The number of hydrogen-bond donors (Lipinski definition) is 4. The molecule has 0 spiro atoms. The minimum absolute atomic E-state index is 0.142. The second kappa shape index (κ2) is 12.9. The monoisotopic (exact) mass is 589 g/mol. The molecule has 228 valence electrons. The number of aromatic amines is 1. The maximum atomic E-state index is 13.8. The summed E-state index contributed by atoms with van der Waals surface area (Å²) in [4.78, 5) is 60.5. The number of nitrogens with one attached hydrogen (secondary N) is 4. The molecular formula is C32H39N5O6. The van der Waals surface area contributed by atoms with Crippen molar-refractivity contribution in [1.82, 2.24) is 25.9 Å². The number of epoxide rings is 1. The van der Waals surface area contributed by atoms with Crippen LogP contribution in [-0.4, -0.2) is 70.9 Å². The number of ether oxygens (including phenoxy) is 2. The number of H-pyrrole nitrogens is 1. The molecule has 1 saturated heterocycles. The Labute approximate surface area is 250 Å². The van der Waals surface area contributed by atoms with Crippen molar-refractivity contribution in [2.45, 2.75) is 76.1 Å². The number of carbonyl (C=O) groups is 4. The van der Waals surface area contributed by atoms with Crippen LogP contribution in [0.3, 0.4) is 0 Å². The van der Waals surface area contributed by atoms with Crippen molar-refractivity contribution >= 4 is 34.5 Å². The van der Waals surface area contributed by atoms with Crippen LogP contribution < -0.4 is 20.7 Å². The van der Waals surface area contributed by atoms with Crippen LogP contribution in [-0.2, 0) is 25.5 Å². The number of hydrogen-bond acceptors (Lipinski definition) is 7. The number of carbonyl (C=O) groups excluding carboxylic acids is 4. The van der Waals surface area contributed by atoms with E-state index in [-0.39, 0.29) is 12.2 Å². The van der Waals surface area contributed by atoms with Crippen molar-refractivity contribution in [1.29, 1.82) is 0 Å². The molecule has 2 heterocycles. The average molecular weight is 590 g/mol. The van der Waals surface area contributed by atoms with Gasteiger partial charge in [-0.2, -0.15) is 0 Å². The molecule has 0 bridgehead atoms. The molecule has 2 fully saturated rings. The van der Waals surface area contributed by atoms with Crippen molar-refractivity contribution in [2.75, 3.05) is 13.7 Å². The highest BCUT2D eigenvalue weighted by Gasteiger charge is 2.50. The zero-order chi connectivity index (χ0) is 30.6. The molecule has 4 atom stereocenters. The normalized spacial score (nSPS) is 20.2. The topological polar surface area (TPSA) is 155 Å². The first-order chi connectivity index (χ1) is 20.6. The van der Waals surface area contributed by atoms with Gasteiger partial charge in [0.2, 0.25) is 11.8 Å². The summed E-state index contributed by atoms with van der Waals surface area (Å²) in [7, 11) is 1.57. The van der Waals surface area contributed by atoms with E-state index in [1.165, 1.54) is 0 Å². The number of amides is 3. The Kier molecular flexibility index (Phi) is 9.10. The van der Waals surface area contributed by atoms with E-state index in [0.29, 0.717) is 35.8 Å². The Morgan fingerprint density at radius 1 is 1.02 bits per heavy atom. The van der Waals surface area contributed by atoms with Gasteiger partial charge in [-0.1, -0.05) is 37.8 Å². The van der Waals surface area contributed by atoms with Gasteiger partial charge in [0.05, 0.1) is 37.1 Å². The summed E-state index contributed by atoms with van der Waals surface area (Å²) in [6, 6.07) is 9.58. The number of methoxy groups -OCH3 is 1. The van der Waals surface area contributed by atoms with Gasteiger partial charge in [0.1, 0.15) is 23.4 Å². The van der Waals surface area contributed by atoms with Crippen molar-refractivity contribution < 1.29 is 28.7 Å². The molecule has 11 heteroatoms. The molecule has 1 saturated carbocycles. The zero-order valence-corrected chi connectivity index (χ0v) is 24.8. The summed E-state index contributed by atoms with van der Waals surface area (Å²) < 4.78 is 10.7. The van der Waals surface area contributed by atoms with Gasteiger partial charge >= 0.3 is 0 Å². The first-order valence-corrected chi connectivity index (χ1v) is 14.8. The molecule has 1 aliphatic heterocycles. The van der Waals surface area contributed by atoms with Gasteiger partial charge in [0.25, 0.3) is 5.91 Å². The molecule has 1 aromatic heterocycles. The van der Waals surface area contributed by atoms with Crippen LogP contribution in [0.15, 0.2) is 48.8 Å². The second-order valence-corrected chi connectivity index (χ2v) is 11.8. The van der Waals surface area contributed by atoms with E-state index < -0.39 is 41.4 Å². The first kappa shape index (κ1) is 30.2. The predicted octanol–water partition coefficient (Wildman–Crippen LogP) is 2.84. The lowest BCUT2D eigenvalue weighted by Gasteiger charge is -2.26. The van der Waals surface area contributed by atoms with Crippen molar-refractivity contribution in [2.24, 2.45) is 5.92 Å². The molecule has 4 unspecified atom stereocenters. The molecule has 1 aliphatic carbocycles. The van der Waals surface area contributed by atoms with E-state index >= 15 is 0 Å². The number of nitrogens with zero attached hydrogens (tertiary/aromatic N) is 1. The molecule has 11 nitrogen and oxygen atoms in total. The quantitative estimate of drug-likeness (QED) is 0.224. The zero-order valence-electron chi connectivity index (χ0n) is 24.8. The van der Waals surface area contributed by atoms with Gasteiger partial charge < -0.3 is 30.4 Å². The Hall–Kier alpha value is -4.25. The van der Waals surface area contributed by atoms with E-state index in [1.54, 1.807) is 57.6 Å². The Balaban J connectivity index is 1.29. The van der Waals surface area contributed by atoms with Crippen molar-refractivity contribution in [3.8, 4) is 5.75 Å². The van der Waals surface area contributed by atoms with Crippen LogP contribution in [0, 0.1) is 5.92 Å². The van der Waals surface area contributed by atoms with Crippen molar-refractivity contribution in [3.63, 3.8) is 0 Å². The maximum absolute atomic E-state index is 13.8. The van der Waals surface area contributed by atoms with E-state index in [4.69, 9.17) is 9.47 Å². The summed E-state index contributed by atoms with van der Waals surface area (Å²) in [6.07, 6.45) is 6.53. The van der Waals surface area contributed by atoms with Crippen LogP contribution in [0.2, 0.25) is 0 Å². The largest absolute Gasteiger partial charge is 0.497 e. The third kappa shape index (κ3) is 7.40. The second-order valence-electron chi connectivity index (χ2n) is 11.8. The van der Waals surface area contributed by atoms with E-state index in [0.717, 1.165) is 36.8 Å². The molecule has 3 amide bonds. The van der Waals surface area contributed by atoms with Crippen LogP contribution in [0.5, 0.6) is 5.75 Å². The number of aromatic nitrogens is 2. The SMILES string of the molecule is COc1ccc(CC(NC(=O)C(C)NC(=O)c2ccc3[nH]cnc3c2)C(=O)NC(CC2CCCC2)C(=O)C2(C)CO2)cc1. The number of Topliss-reactive ketones (excluding diaryl/α,β-unsaturated/α-hetero) is 1. The number of imidazole rings is 1. The lowest BCUT2D eigenvalue weighted by atomic mass is 9.90.